The highest BCUT2D eigenvalue weighted by Crippen LogP contribution is 2.42. The van der Waals surface area contributed by atoms with Crippen LogP contribution in [0.5, 0.6) is 0 Å². The van der Waals surface area contributed by atoms with E-state index in [9.17, 15) is 9.59 Å². The fourth-order valence-corrected chi connectivity index (χ4v) is 6.55. The number of benzene rings is 3. The van der Waals surface area contributed by atoms with E-state index < -0.39 is 0 Å². The summed E-state index contributed by atoms with van der Waals surface area (Å²) < 4.78 is 1.11. The number of nitrogens with zero attached hydrogens (tertiary/aromatic N) is 1. The molecule has 0 spiro atoms. The van der Waals surface area contributed by atoms with Crippen molar-refractivity contribution in [1.29, 1.82) is 0 Å². The molecular formula is C32H34N2O2S. The maximum atomic E-state index is 13.7. The van der Waals surface area contributed by atoms with E-state index >= 15 is 0 Å². The van der Waals surface area contributed by atoms with Gasteiger partial charge in [0.2, 0.25) is 0 Å². The summed E-state index contributed by atoms with van der Waals surface area (Å²) in [7, 11) is 0. The molecule has 0 amide bonds. The average Bonchev–Trinajstić information content (AvgIpc) is 3.28. The van der Waals surface area contributed by atoms with E-state index in [4.69, 9.17) is 5.73 Å². The van der Waals surface area contributed by atoms with Crippen LogP contribution in [-0.4, -0.2) is 36.1 Å². The van der Waals surface area contributed by atoms with Gasteiger partial charge in [-0.2, -0.15) is 0 Å². The van der Waals surface area contributed by atoms with Gasteiger partial charge in [-0.05, 0) is 74.0 Å². The van der Waals surface area contributed by atoms with Crippen LogP contribution in [0.4, 0.5) is 5.00 Å². The van der Waals surface area contributed by atoms with Crippen molar-refractivity contribution in [3.63, 3.8) is 0 Å². The fourth-order valence-electron chi connectivity index (χ4n) is 5.51. The maximum absolute atomic E-state index is 13.7. The van der Waals surface area contributed by atoms with Gasteiger partial charge in [-0.3, -0.25) is 9.59 Å². The third kappa shape index (κ3) is 5.39. The molecule has 1 aliphatic rings. The van der Waals surface area contributed by atoms with Crippen molar-refractivity contribution in [3.05, 3.63) is 101 Å². The summed E-state index contributed by atoms with van der Waals surface area (Å²) >= 11 is 1.61. The summed E-state index contributed by atoms with van der Waals surface area (Å²) in [4.78, 5) is 29.5. The first-order chi connectivity index (χ1) is 18.1. The Labute approximate surface area is 223 Å². The molecule has 1 aliphatic heterocycles. The second kappa shape index (κ2) is 11.4. The number of piperidine rings is 1. The summed E-state index contributed by atoms with van der Waals surface area (Å²) in [6, 6.07) is 22.1. The number of nitrogens with two attached hydrogens (primary N) is 1. The number of hydrogen-bond acceptors (Lipinski definition) is 5. The van der Waals surface area contributed by atoms with Crippen LogP contribution in [0.3, 0.4) is 0 Å². The Balaban J connectivity index is 1.42. The summed E-state index contributed by atoms with van der Waals surface area (Å²) in [5, 5.41) is 1.95. The molecule has 0 saturated carbocycles. The van der Waals surface area contributed by atoms with Crippen LogP contribution in [0.2, 0.25) is 0 Å². The number of likely N-dealkylation sites (tertiary alicyclic amines) is 1. The zero-order chi connectivity index (χ0) is 25.8. The first kappa shape index (κ1) is 25.4. The second-order valence-corrected chi connectivity index (χ2v) is 11.1. The van der Waals surface area contributed by atoms with Gasteiger partial charge >= 0.3 is 0 Å². The van der Waals surface area contributed by atoms with E-state index in [1.54, 1.807) is 35.6 Å². The number of ketones is 2. The molecule has 5 rings (SSSR count). The van der Waals surface area contributed by atoms with E-state index in [2.05, 4.69) is 11.8 Å². The quantitative estimate of drug-likeness (QED) is 0.189. The van der Waals surface area contributed by atoms with Crippen molar-refractivity contribution in [2.24, 2.45) is 0 Å². The fraction of sp³-hybridized carbons (Fsp3) is 0.312. The molecule has 4 nitrogen and oxygen atoms in total. The second-order valence-electron chi connectivity index (χ2n) is 9.98. The van der Waals surface area contributed by atoms with Crippen molar-refractivity contribution < 1.29 is 9.59 Å². The highest BCUT2D eigenvalue weighted by molar-refractivity contribution is 7.22. The summed E-state index contributed by atoms with van der Waals surface area (Å²) in [6.45, 7) is 5.62. The molecule has 0 atom stereocenters. The molecule has 4 aromatic rings. The summed E-state index contributed by atoms with van der Waals surface area (Å²) in [6.07, 6.45) is 5.99. The average molecular weight is 511 g/mol. The van der Waals surface area contributed by atoms with Crippen LogP contribution in [0, 0.1) is 0 Å². The number of fused-ring (bicyclic) bond motifs is 1. The van der Waals surface area contributed by atoms with E-state index in [1.807, 2.05) is 48.5 Å². The predicted octanol–water partition coefficient (Wildman–Crippen LogP) is 7.32. The number of nitrogen functional groups attached to an aromatic ring is 1. The van der Waals surface area contributed by atoms with Gasteiger partial charge in [-0.25, -0.2) is 0 Å². The first-order valence-electron chi connectivity index (χ1n) is 13.3. The normalized spacial score (nSPS) is 14.7. The van der Waals surface area contributed by atoms with Gasteiger partial charge in [0.1, 0.15) is 0 Å². The lowest BCUT2D eigenvalue weighted by atomic mass is 9.87. The van der Waals surface area contributed by atoms with Crippen molar-refractivity contribution in [3.8, 4) is 0 Å². The molecule has 3 aromatic carbocycles. The lowest BCUT2D eigenvalue weighted by Gasteiger charge is -2.32. The Morgan fingerprint density at radius 2 is 1.51 bits per heavy atom. The molecule has 1 fully saturated rings. The van der Waals surface area contributed by atoms with Gasteiger partial charge in [0.05, 0.1) is 5.00 Å². The molecule has 2 N–H and O–H groups in total. The van der Waals surface area contributed by atoms with E-state index in [0.717, 1.165) is 41.0 Å². The molecular weight excluding hydrogens is 476 g/mol. The van der Waals surface area contributed by atoms with Crippen molar-refractivity contribution in [2.45, 2.75) is 44.9 Å². The molecule has 1 aromatic heterocycles. The molecule has 1 saturated heterocycles. The number of anilines is 1. The molecule has 5 heteroatoms. The lowest BCUT2D eigenvalue weighted by molar-refractivity contribution is 0.100. The highest BCUT2D eigenvalue weighted by Gasteiger charge is 2.26. The lowest BCUT2D eigenvalue weighted by Crippen LogP contribution is -2.33. The Morgan fingerprint density at radius 3 is 2.19 bits per heavy atom. The Morgan fingerprint density at radius 1 is 0.865 bits per heavy atom. The minimum atomic E-state index is -0.142. The SMILES string of the molecule is CCCCCN1CCC(c2c(N)sc3ccc(C(=O)c4ccccc4C(=O)c4ccccc4)cc23)CC1. The van der Waals surface area contributed by atoms with E-state index in [1.165, 1.54) is 31.4 Å². The monoisotopic (exact) mass is 510 g/mol. The Hall–Kier alpha value is -3.28. The standard InChI is InChI=1S/C32H34N2O2S/c1-2-3-9-18-34-19-16-22(17-20-34)29-27-21-24(14-15-28(27)37-32(29)33)31(36)26-13-8-7-12-25(26)30(35)23-10-5-4-6-11-23/h4-8,10-15,21-22H,2-3,9,16-20,33H2,1H3. The largest absolute Gasteiger partial charge is 0.390 e. The van der Waals surface area contributed by atoms with E-state index in [0.29, 0.717) is 28.2 Å². The van der Waals surface area contributed by atoms with Gasteiger partial charge in [-0.15, -0.1) is 11.3 Å². The zero-order valence-electron chi connectivity index (χ0n) is 21.4. The Bertz CT molecular complexity index is 1400. The number of carbonyl (C=O) groups is 2. The first-order valence-corrected chi connectivity index (χ1v) is 14.2. The van der Waals surface area contributed by atoms with Crippen LogP contribution in [-0.2, 0) is 0 Å². The van der Waals surface area contributed by atoms with Crippen LogP contribution < -0.4 is 5.73 Å². The zero-order valence-corrected chi connectivity index (χ0v) is 22.2. The summed E-state index contributed by atoms with van der Waals surface area (Å²) in [5.41, 5.74) is 9.79. The highest BCUT2D eigenvalue weighted by atomic mass is 32.1. The third-order valence-electron chi connectivity index (χ3n) is 7.54. The van der Waals surface area contributed by atoms with Crippen molar-refractivity contribution in [2.75, 3.05) is 25.4 Å². The minimum absolute atomic E-state index is 0.136. The van der Waals surface area contributed by atoms with Crippen LogP contribution in [0.15, 0.2) is 72.8 Å². The van der Waals surface area contributed by atoms with Crippen LogP contribution in [0.25, 0.3) is 10.1 Å². The molecule has 2 heterocycles. The molecule has 0 unspecified atom stereocenters. The number of hydrogen-bond donors (Lipinski definition) is 1. The minimum Gasteiger partial charge on any atom is -0.390 e. The van der Waals surface area contributed by atoms with Gasteiger partial charge < -0.3 is 10.6 Å². The van der Waals surface area contributed by atoms with Crippen molar-refractivity contribution in [1.82, 2.24) is 4.90 Å². The number of thiophene rings is 1. The third-order valence-corrected chi connectivity index (χ3v) is 8.56. The molecule has 0 bridgehead atoms. The summed E-state index contributed by atoms with van der Waals surface area (Å²) in [5.74, 6) is 0.133. The number of unbranched alkanes of at least 4 members (excludes halogenated alkanes) is 2. The van der Waals surface area contributed by atoms with Crippen molar-refractivity contribution >= 4 is 38.0 Å². The maximum Gasteiger partial charge on any atom is 0.193 e. The predicted molar refractivity (Wildman–Crippen MR) is 154 cm³/mol. The molecule has 0 aliphatic carbocycles. The van der Waals surface area contributed by atoms with Gasteiger partial charge in [0.15, 0.2) is 11.6 Å². The smallest absolute Gasteiger partial charge is 0.193 e. The van der Waals surface area contributed by atoms with E-state index in [-0.39, 0.29) is 11.6 Å². The topological polar surface area (TPSA) is 63.4 Å². The molecule has 190 valence electrons. The van der Waals surface area contributed by atoms with Gasteiger partial charge in [0, 0.05) is 27.0 Å². The van der Waals surface area contributed by atoms with Crippen LogP contribution >= 0.6 is 11.3 Å². The molecule has 0 radical (unpaired) electrons. The number of carbonyl (C=O) groups excluding carboxylic acids is 2. The Kier molecular flexibility index (Phi) is 7.82. The van der Waals surface area contributed by atoms with Gasteiger partial charge in [0.25, 0.3) is 0 Å². The van der Waals surface area contributed by atoms with Crippen LogP contribution in [0.1, 0.15) is 82.4 Å². The number of rotatable bonds is 9. The van der Waals surface area contributed by atoms with Gasteiger partial charge in [-0.1, -0.05) is 74.4 Å². The molecule has 37 heavy (non-hydrogen) atoms.